The van der Waals surface area contributed by atoms with Crippen LogP contribution in [-0.2, 0) is 0 Å². The van der Waals surface area contributed by atoms with Crippen LogP contribution in [0.15, 0.2) is 24.3 Å². The van der Waals surface area contributed by atoms with Crippen molar-refractivity contribution in [3.8, 4) is 5.75 Å². The fourth-order valence-corrected chi connectivity index (χ4v) is 3.34. The van der Waals surface area contributed by atoms with Crippen LogP contribution in [0.3, 0.4) is 0 Å². The number of likely N-dealkylation sites (tertiary alicyclic amines) is 1. The number of nitrogens with zero attached hydrogens (tertiary/aromatic N) is 1. The molecule has 0 radical (unpaired) electrons. The van der Waals surface area contributed by atoms with Crippen LogP contribution in [-0.4, -0.2) is 37.2 Å². The Morgan fingerprint density at radius 3 is 2.47 bits per heavy atom. The Bertz CT molecular complexity index is 413. The lowest BCUT2D eigenvalue weighted by atomic mass is 9.84. The van der Waals surface area contributed by atoms with E-state index >= 15 is 0 Å². The molecule has 1 saturated heterocycles. The quantitative estimate of drug-likeness (QED) is 0.906. The summed E-state index contributed by atoms with van der Waals surface area (Å²) in [6, 6.07) is 9.63. The summed E-state index contributed by atoms with van der Waals surface area (Å²) in [7, 11) is 1.71. The summed E-state index contributed by atoms with van der Waals surface area (Å²) in [5.74, 6) is 1.51. The Balaban J connectivity index is 1.71. The van der Waals surface area contributed by atoms with Crippen LogP contribution in [0.5, 0.6) is 5.75 Å². The normalized spacial score (nSPS) is 28.9. The number of piperidine rings is 1. The van der Waals surface area contributed by atoms with Gasteiger partial charge in [0.1, 0.15) is 5.75 Å². The fraction of sp³-hybridized carbons (Fsp3) is 0.625. The molecule has 1 aromatic carbocycles. The summed E-state index contributed by atoms with van der Waals surface area (Å²) in [5, 5.41) is 0. The summed E-state index contributed by atoms with van der Waals surface area (Å²) in [6.45, 7) is 2.25. The molecule has 2 unspecified atom stereocenters. The molecule has 1 aliphatic heterocycles. The predicted molar refractivity (Wildman–Crippen MR) is 77.5 cm³/mol. The van der Waals surface area contributed by atoms with Crippen molar-refractivity contribution >= 4 is 0 Å². The third-order valence-electron chi connectivity index (χ3n) is 4.69. The monoisotopic (exact) mass is 260 g/mol. The highest BCUT2D eigenvalue weighted by molar-refractivity contribution is 5.30. The predicted octanol–water partition coefficient (Wildman–Crippen LogP) is 2.36. The second kappa shape index (κ2) is 5.51. The maximum atomic E-state index is 6.26. The van der Waals surface area contributed by atoms with Gasteiger partial charge in [-0.05, 0) is 42.9 Å². The van der Waals surface area contributed by atoms with Crippen molar-refractivity contribution in [1.29, 1.82) is 0 Å². The van der Waals surface area contributed by atoms with E-state index in [4.69, 9.17) is 10.5 Å². The first-order valence-corrected chi connectivity index (χ1v) is 7.40. The summed E-state index contributed by atoms with van der Waals surface area (Å²) < 4.78 is 5.23. The van der Waals surface area contributed by atoms with Crippen molar-refractivity contribution in [2.75, 3.05) is 20.2 Å². The van der Waals surface area contributed by atoms with E-state index in [9.17, 15) is 0 Å². The first-order valence-electron chi connectivity index (χ1n) is 7.40. The Morgan fingerprint density at radius 1 is 1.16 bits per heavy atom. The maximum absolute atomic E-state index is 6.26. The maximum Gasteiger partial charge on any atom is 0.118 e. The van der Waals surface area contributed by atoms with E-state index < -0.39 is 0 Å². The molecule has 2 fully saturated rings. The molecule has 1 saturated carbocycles. The van der Waals surface area contributed by atoms with Gasteiger partial charge in [-0.2, -0.15) is 0 Å². The summed E-state index contributed by atoms with van der Waals surface area (Å²) in [6.07, 6.45) is 5.23. The average molecular weight is 260 g/mol. The van der Waals surface area contributed by atoms with Gasteiger partial charge in [0.2, 0.25) is 0 Å². The van der Waals surface area contributed by atoms with Crippen molar-refractivity contribution in [3.63, 3.8) is 0 Å². The molecule has 0 aromatic heterocycles. The van der Waals surface area contributed by atoms with Gasteiger partial charge in [0, 0.05) is 25.2 Å². The van der Waals surface area contributed by atoms with Gasteiger partial charge < -0.3 is 10.5 Å². The van der Waals surface area contributed by atoms with E-state index in [1.165, 1.54) is 31.4 Å². The zero-order chi connectivity index (χ0) is 13.2. The number of benzene rings is 1. The van der Waals surface area contributed by atoms with Crippen LogP contribution in [0, 0.1) is 0 Å². The minimum absolute atomic E-state index is 0.321. The molecule has 2 N–H and O–H groups in total. The van der Waals surface area contributed by atoms with Gasteiger partial charge in [-0.1, -0.05) is 18.6 Å². The third-order valence-corrected chi connectivity index (χ3v) is 4.69. The molecule has 19 heavy (non-hydrogen) atoms. The molecule has 1 heterocycles. The molecule has 3 heteroatoms. The molecule has 2 atom stereocenters. The summed E-state index contributed by atoms with van der Waals surface area (Å²) >= 11 is 0. The number of rotatable bonds is 3. The molecular weight excluding hydrogens is 236 g/mol. The molecule has 1 aromatic rings. The van der Waals surface area contributed by atoms with Crippen LogP contribution >= 0.6 is 0 Å². The van der Waals surface area contributed by atoms with Crippen LogP contribution < -0.4 is 10.5 Å². The lowest BCUT2D eigenvalue weighted by Gasteiger charge is -2.44. The molecule has 0 amide bonds. The molecule has 1 aliphatic carbocycles. The van der Waals surface area contributed by atoms with Gasteiger partial charge in [0.15, 0.2) is 0 Å². The number of ether oxygens (including phenoxy) is 1. The first kappa shape index (κ1) is 12.9. The Morgan fingerprint density at radius 2 is 1.89 bits per heavy atom. The fourth-order valence-electron chi connectivity index (χ4n) is 3.34. The van der Waals surface area contributed by atoms with E-state index in [1.54, 1.807) is 7.11 Å². The van der Waals surface area contributed by atoms with E-state index in [-0.39, 0.29) is 0 Å². The Labute approximate surface area is 115 Å². The van der Waals surface area contributed by atoms with Crippen molar-refractivity contribution in [2.45, 2.75) is 43.7 Å². The van der Waals surface area contributed by atoms with E-state index in [2.05, 4.69) is 29.2 Å². The van der Waals surface area contributed by atoms with Crippen molar-refractivity contribution in [3.05, 3.63) is 29.8 Å². The highest BCUT2D eigenvalue weighted by atomic mass is 16.5. The van der Waals surface area contributed by atoms with Gasteiger partial charge >= 0.3 is 0 Å². The number of methoxy groups -OCH3 is 1. The van der Waals surface area contributed by atoms with E-state index in [0.717, 1.165) is 24.8 Å². The molecule has 3 nitrogen and oxygen atoms in total. The molecule has 0 bridgehead atoms. The van der Waals surface area contributed by atoms with Gasteiger partial charge in [-0.25, -0.2) is 0 Å². The van der Waals surface area contributed by atoms with Crippen LogP contribution in [0.2, 0.25) is 0 Å². The second-order valence-electron chi connectivity index (χ2n) is 6.00. The van der Waals surface area contributed by atoms with Gasteiger partial charge in [0.25, 0.3) is 0 Å². The number of hydrogen-bond donors (Lipinski definition) is 1. The minimum atomic E-state index is 0.321. The molecule has 3 rings (SSSR count). The van der Waals surface area contributed by atoms with E-state index in [1.807, 2.05) is 0 Å². The van der Waals surface area contributed by atoms with E-state index in [0.29, 0.717) is 12.0 Å². The number of hydrogen-bond acceptors (Lipinski definition) is 3. The van der Waals surface area contributed by atoms with Crippen LogP contribution in [0.4, 0.5) is 0 Å². The largest absolute Gasteiger partial charge is 0.497 e. The first-order chi connectivity index (χ1) is 9.26. The van der Waals surface area contributed by atoms with Crippen molar-refractivity contribution < 1.29 is 4.74 Å². The van der Waals surface area contributed by atoms with Gasteiger partial charge in [-0.15, -0.1) is 0 Å². The lowest BCUT2D eigenvalue weighted by molar-refractivity contribution is 0.0848. The number of nitrogens with two attached hydrogens (primary N) is 1. The standard InChI is InChI=1S/C16H24N2O/c1-19-16-7-5-12(6-8-16)13-9-14(17)11-18(10-13)15-3-2-4-15/h5-8,13-15H,2-4,9-11,17H2,1H3. The minimum Gasteiger partial charge on any atom is -0.497 e. The molecule has 0 spiro atoms. The SMILES string of the molecule is COc1ccc(C2CC(N)CN(C3CCC3)C2)cc1. The highest BCUT2D eigenvalue weighted by Crippen LogP contribution is 2.33. The zero-order valence-electron chi connectivity index (χ0n) is 11.7. The van der Waals surface area contributed by atoms with Crippen LogP contribution in [0.1, 0.15) is 37.2 Å². The second-order valence-corrected chi connectivity index (χ2v) is 6.00. The van der Waals surface area contributed by atoms with Crippen molar-refractivity contribution in [1.82, 2.24) is 4.90 Å². The Hall–Kier alpha value is -1.06. The third kappa shape index (κ3) is 2.77. The molecule has 2 aliphatic rings. The summed E-state index contributed by atoms with van der Waals surface area (Å²) in [4.78, 5) is 2.62. The molecular formula is C16H24N2O. The Kier molecular flexibility index (Phi) is 3.76. The summed E-state index contributed by atoms with van der Waals surface area (Å²) in [5.41, 5.74) is 7.66. The smallest absolute Gasteiger partial charge is 0.118 e. The highest BCUT2D eigenvalue weighted by Gasteiger charge is 2.32. The van der Waals surface area contributed by atoms with Gasteiger partial charge in [-0.3, -0.25) is 4.90 Å². The molecule has 104 valence electrons. The zero-order valence-corrected chi connectivity index (χ0v) is 11.7. The van der Waals surface area contributed by atoms with Gasteiger partial charge in [0.05, 0.1) is 7.11 Å². The topological polar surface area (TPSA) is 38.5 Å². The average Bonchev–Trinajstić information content (AvgIpc) is 2.36. The van der Waals surface area contributed by atoms with Crippen molar-refractivity contribution in [2.24, 2.45) is 5.73 Å². The lowest BCUT2D eigenvalue weighted by Crippen LogP contribution is -2.52. The van der Waals surface area contributed by atoms with Crippen LogP contribution in [0.25, 0.3) is 0 Å².